The molecule has 0 spiro atoms. The summed E-state index contributed by atoms with van der Waals surface area (Å²) in [5.41, 5.74) is 6.88. The van der Waals surface area contributed by atoms with Gasteiger partial charge in [-0.25, -0.2) is 0 Å². The van der Waals surface area contributed by atoms with Crippen LogP contribution >= 0.6 is 0 Å². The number of hydrogen-bond acceptors (Lipinski definition) is 6. The van der Waals surface area contributed by atoms with Crippen LogP contribution < -0.4 is 10.5 Å². The van der Waals surface area contributed by atoms with Gasteiger partial charge in [-0.3, -0.25) is 0 Å². The molecule has 20 heavy (non-hydrogen) atoms. The molecule has 0 aliphatic carbocycles. The Morgan fingerprint density at radius 2 is 2.00 bits per heavy atom. The van der Waals surface area contributed by atoms with Gasteiger partial charge in [-0.1, -0.05) is 17.3 Å². The van der Waals surface area contributed by atoms with Crippen LogP contribution in [0.4, 0.5) is 0 Å². The summed E-state index contributed by atoms with van der Waals surface area (Å²) >= 11 is 0. The minimum Gasteiger partial charge on any atom is -0.437 e. The van der Waals surface area contributed by atoms with E-state index in [1.54, 1.807) is 12.1 Å². The van der Waals surface area contributed by atoms with Gasteiger partial charge in [0.1, 0.15) is 5.75 Å². The molecule has 7 heteroatoms. The van der Waals surface area contributed by atoms with Gasteiger partial charge in [-0.2, -0.15) is 5.10 Å². The first-order chi connectivity index (χ1) is 9.74. The molecule has 4 N–H and O–H groups in total. The van der Waals surface area contributed by atoms with Crippen LogP contribution in [0.5, 0.6) is 11.6 Å². The van der Waals surface area contributed by atoms with Crippen LogP contribution in [0, 0.1) is 0 Å². The van der Waals surface area contributed by atoms with E-state index in [4.69, 9.17) is 20.8 Å². The highest BCUT2D eigenvalue weighted by atomic mass is 16.5. The third-order valence-electron chi connectivity index (χ3n) is 2.61. The van der Waals surface area contributed by atoms with Crippen molar-refractivity contribution in [2.75, 3.05) is 6.61 Å². The fourth-order valence-electron chi connectivity index (χ4n) is 1.61. The molecular formula is C13H14N4O3. The highest BCUT2D eigenvalue weighted by molar-refractivity contribution is 5.98. The molecule has 7 nitrogen and oxygen atoms in total. The number of hydrogen-bond donors (Lipinski definition) is 3. The second kappa shape index (κ2) is 6.48. The molecule has 104 valence electrons. The minimum atomic E-state index is -0.105. The van der Waals surface area contributed by atoms with Gasteiger partial charge < -0.3 is 20.8 Å². The molecule has 1 heterocycles. The van der Waals surface area contributed by atoms with Gasteiger partial charge in [0, 0.05) is 6.61 Å². The van der Waals surface area contributed by atoms with Gasteiger partial charge in [0.15, 0.2) is 5.84 Å². The number of rotatable bonds is 5. The van der Waals surface area contributed by atoms with E-state index in [2.05, 4.69) is 15.4 Å². The van der Waals surface area contributed by atoms with Crippen molar-refractivity contribution in [2.45, 2.75) is 6.42 Å². The molecule has 0 aliphatic rings. The number of nitrogens with two attached hydrogens (primary N) is 1. The third-order valence-corrected chi connectivity index (χ3v) is 2.61. The van der Waals surface area contributed by atoms with Crippen molar-refractivity contribution >= 4 is 5.84 Å². The highest BCUT2D eigenvalue weighted by Crippen LogP contribution is 2.22. The van der Waals surface area contributed by atoms with Crippen molar-refractivity contribution in [3.8, 4) is 11.6 Å². The SMILES string of the molecule is N/C(=N/O)c1ccnnc1Oc1ccc(CCO)cc1. The lowest BCUT2D eigenvalue weighted by molar-refractivity contribution is 0.299. The summed E-state index contributed by atoms with van der Waals surface area (Å²) in [6, 6.07) is 8.71. The molecule has 0 atom stereocenters. The molecule has 1 aromatic carbocycles. The van der Waals surface area contributed by atoms with Crippen LogP contribution in [0.15, 0.2) is 41.7 Å². The second-order valence-electron chi connectivity index (χ2n) is 3.95. The van der Waals surface area contributed by atoms with Gasteiger partial charge in [-0.05, 0) is 30.2 Å². The molecule has 1 aromatic heterocycles. The number of aliphatic hydroxyl groups is 1. The first kappa shape index (κ1) is 13.8. The number of oxime groups is 1. The zero-order valence-corrected chi connectivity index (χ0v) is 10.6. The lowest BCUT2D eigenvalue weighted by atomic mass is 10.1. The normalized spacial score (nSPS) is 11.3. The number of amidine groups is 1. The largest absolute Gasteiger partial charge is 0.437 e. The Morgan fingerprint density at radius 3 is 2.65 bits per heavy atom. The molecule has 2 rings (SSSR count). The van der Waals surface area contributed by atoms with E-state index >= 15 is 0 Å². The van der Waals surface area contributed by atoms with Crippen LogP contribution in [0.2, 0.25) is 0 Å². The Balaban J connectivity index is 2.21. The number of benzene rings is 1. The maximum absolute atomic E-state index is 8.85. The molecular weight excluding hydrogens is 260 g/mol. The van der Waals surface area contributed by atoms with E-state index < -0.39 is 0 Å². The maximum Gasteiger partial charge on any atom is 0.250 e. The fourth-order valence-corrected chi connectivity index (χ4v) is 1.61. The van der Waals surface area contributed by atoms with Crippen LogP contribution in [-0.2, 0) is 6.42 Å². The summed E-state index contributed by atoms with van der Waals surface area (Å²) in [4.78, 5) is 0. The average Bonchev–Trinajstić information content (AvgIpc) is 2.49. The van der Waals surface area contributed by atoms with E-state index in [1.807, 2.05) is 12.1 Å². The van der Waals surface area contributed by atoms with Crippen molar-refractivity contribution in [1.82, 2.24) is 10.2 Å². The van der Waals surface area contributed by atoms with E-state index in [0.29, 0.717) is 17.7 Å². The summed E-state index contributed by atoms with van der Waals surface area (Å²) < 4.78 is 5.56. The molecule has 0 bridgehead atoms. The monoisotopic (exact) mass is 274 g/mol. The Kier molecular flexibility index (Phi) is 4.46. The summed E-state index contributed by atoms with van der Waals surface area (Å²) in [5.74, 6) is 0.587. The van der Waals surface area contributed by atoms with Gasteiger partial charge >= 0.3 is 0 Å². The number of aromatic nitrogens is 2. The van der Waals surface area contributed by atoms with Crippen LogP contribution in [-0.4, -0.2) is 33.0 Å². The van der Waals surface area contributed by atoms with Crippen molar-refractivity contribution in [1.29, 1.82) is 0 Å². The number of nitrogens with zero attached hydrogens (tertiary/aromatic N) is 3. The summed E-state index contributed by atoms with van der Waals surface area (Å²) in [5, 5.41) is 28.0. The third kappa shape index (κ3) is 3.21. The first-order valence-corrected chi connectivity index (χ1v) is 5.92. The lowest BCUT2D eigenvalue weighted by Gasteiger charge is -2.08. The zero-order valence-electron chi connectivity index (χ0n) is 10.6. The maximum atomic E-state index is 8.85. The van der Waals surface area contributed by atoms with E-state index in [1.165, 1.54) is 12.3 Å². The minimum absolute atomic E-state index is 0.0952. The molecule has 2 aromatic rings. The van der Waals surface area contributed by atoms with Crippen LogP contribution in [0.1, 0.15) is 11.1 Å². The molecule has 0 saturated heterocycles. The molecule has 0 fully saturated rings. The predicted molar refractivity (Wildman–Crippen MR) is 71.8 cm³/mol. The van der Waals surface area contributed by atoms with E-state index in [0.717, 1.165) is 5.56 Å². The standard InChI is InChI=1S/C13H14N4O3/c14-12(17-19)11-5-7-15-16-13(11)20-10-3-1-9(2-4-10)6-8-18/h1-5,7,18-19H,6,8H2,(H2,14,17). The fraction of sp³-hybridized carbons (Fsp3) is 0.154. The van der Waals surface area contributed by atoms with Crippen molar-refractivity contribution < 1.29 is 15.1 Å². The topological polar surface area (TPSA) is 114 Å². The zero-order chi connectivity index (χ0) is 14.4. The number of ether oxygens (including phenoxy) is 1. The highest BCUT2D eigenvalue weighted by Gasteiger charge is 2.11. The van der Waals surface area contributed by atoms with Crippen LogP contribution in [0.3, 0.4) is 0 Å². The van der Waals surface area contributed by atoms with Gasteiger partial charge in [0.05, 0.1) is 11.8 Å². The second-order valence-corrected chi connectivity index (χ2v) is 3.95. The van der Waals surface area contributed by atoms with Gasteiger partial charge in [-0.15, -0.1) is 5.10 Å². The summed E-state index contributed by atoms with van der Waals surface area (Å²) in [6.07, 6.45) is 2.01. The van der Waals surface area contributed by atoms with E-state index in [-0.39, 0.29) is 18.3 Å². The molecule has 0 saturated carbocycles. The van der Waals surface area contributed by atoms with Crippen LogP contribution in [0.25, 0.3) is 0 Å². The number of aliphatic hydroxyl groups excluding tert-OH is 1. The Hall–Kier alpha value is -2.67. The summed E-state index contributed by atoms with van der Waals surface area (Å²) in [7, 11) is 0. The Morgan fingerprint density at radius 1 is 1.25 bits per heavy atom. The Bertz CT molecular complexity index is 599. The van der Waals surface area contributed by atoms with Gasteiger partial charge in [0.25, 0.3) is 0 Å². The Labute approximate surface area is 115 Å². The first-order valence-electron chi connectivity index (χ1n) is 5.92. The quantitative estimate of drug-likeness (QED) is 0.323. The van der Waals surface area contributed by atoms with Crippen molar-refractivity contribution in [3.05, 3.63) is 47.7 Å². The predicted octanol–water partition coefficient (Wildman–Crippen LogP) is 0.898. The van der Waals surface area contributed by atoms with Crippen molar-refractivity contribution in [2.24, 2.45) is 10.9 Å². The smallest absolute Gasteiger partial charge is 0.250 e. The molecule has 0 unspecified atom stereocenters. The average molecular weight is 274 g/mol. The summed E-state index contributed by atoms with van der Waals surface area (Å²) in [6.45, 7) is 0.0952. The molecule has 0 aliphatic heterocycles. The van der Waals surface area contributed by atoms with Crippen molar-refractivity contribution in [3.63, 3.8) is 0 Å². The van der Waals surface area contributed by atoms with E-state index in [9.17, 15) is 0 Å². The molecule has 0 radical (unpaired) electrons. The lowest BCUT2D eigenvalue weighted by Crippen LogP contribution is -2.15. The molecule has 0 amide bonds. The van der Waals surface area contributed by atoms with Gasteiger partial charge in [0.2, 0.25) is 5.88 Å².